The summed E-state index contributed by atoms with van der Waals surface area (Å²) in [4.78, 5) is 26.6. The maximum absolute atomic E-state index is 12.9. The van der Waals surface area contributed by atoms with E-state index in [1.165, 1.54) is 4.90 Å². The van der Waals surface area contributed by atoms with Gasteiger partial charge in [-0.1, -0.05) is 29.8 Å². The minimum Gasteiger partial charge on any atom is -0.496 e. The highest BCUT2D eigenvalue weighted by Crippen LogP contribution is 2.27. The number of hydrogen-bond acceptors (Lipinski definition) is 5. The molecule has 0 spiro atoms. The van der Waals surface area contributed by atoms with E-state index in [1.807, 2.05) is 31.2 Å². The molecule has 2 aromatic carbocycles. The van der Waals surface area contributed by atoms with Crippen LogP contribution in [0.15, 0.2) is 42.5 Å². The highest BCUT2D eigenvalue weighted by Gasteiger charge is 2.26. The number of benzene rings is 2. The van der Waals surface area contributed by atoms with E-state index in [-0.39, 0.29) is 18.4 Å². The summed E-state index contributed by atoms with van der Waals surface area (Å²) in [6, 6.07) is 12.2. The summed E-state index contributed by atoms with van der Waals surface area (Å²) in [6.45, 7) is 3.77. The first kappa shape index (κ1) is 22.1. The lowest BCUT2D eigenvalue weighted by atomic mass is 10.1. The highest BCUT2D eigenvalue weighted by atomic mass is 16.5. The van der Waals surface area contributed by atoms with Crippen molar-refractivity contribution < 1.29 is 23.8 Å². The number of rotatable bonds is 9. The molecule has 156 valence electrons. The quantitative estimate of drug-likeness (QED) is 0.700. The van der Waals surface area contributed by atoms with Crippen LogP contribution >= 0.6 is 0 Å². The molecule has 0 heterocycles. The Morgan fingerprint density at radius 1 is 1.03 bits per heavy atom. The van der Waals surface area contributed by atoms with Gasteiger partial charge in [-0.05, 0) is 19.4 Å². The maximum Gasteiger partial charge on any atom is 0.261 e. The molecule has 1 N–H and O–H groups in total. The third-order valence-electron chi connectivity index (χ3n) is 4.54. The molecule has 0 saturated heterocycles. The first-order valence-electron chi connectivity index (χ1n) is 9.30. The van der Waals surface area contributed by atoms with Gasteiger partial charge in [0.2, 0.25) is 5.91 Å². The van der Waals surface area contributed by atoms with Gasteiger partial charge in [0, 0.05) is 31.8 Å². The second kappa shape index (κ2) is 10.4. The molecule has 0 saturated carbocycles. The van der Waals surface area contributed by atoms with Gasteiger partial charge in [-0.25, -0.2) is 0 Å². The lowest BCUT2D eigenvalue weighted by Gasteiger charge is -2.28. The molecule has 0 aromatic heterocycles. The van der Waals surface area contributed by atoms with Gasteiger partial charge in [0.1, 0.15) is 23.3 Å². The topological polar surface area (TPSA) is 77.1 Å². The summed E-state index contributed by atoms with van der Waals surface area (Å²) in [7, 11) is 4.63. The molecule has 0 radical (unpaired) electrons. The molecule has 0 aliphatic heterocycles. The Morgan fingerprint density at radius 3 is 2.21 bits per heavy atom. The third-order valence-corrected chi connectivity index (χ3v) is 4.54. The standard InChI is InChI=1S/C22H28N2O5/c1-15-7-6-8-17(9-15)13-24(16(2)22(26)23-3)21(25)14-29-20-11-18(27-4)10-19(12-20)28-5/h6-12,16H,13-14H2,1-5H3,(H,23,26)/t16-/m0/s1. The van der Waals surface area contributed by atoms with Gasteiger partial charge in [0.25, 0.3) is 5.91 Å². The molecule has 0 aliphatic carbocycles. The van der Waals surface area contributed by atoms with E-state index in [0.717, 1.165) is 11.1 Å². The Labute approximate surface area is 171 Å². The minimum absolute atomic E-state index is 0.219. The van der Waals surface area contributed by atoms with Crippen LogP contribution in [0.5, 0.6) is 17.2 Å². The fourth-order valence-electron chi connectivity index (χ4n) is 2.89. The van der Waals surface area contributed by atoms with Crippen molar-refractivity contribution in [3.63, 3.8) is 0 Å². The predicted octanol–water partition coefficient (Wildman–Crippen LogP) is 2.55. The zero-order chi connectivity index (χ0) is 21.4. The molecular weight excluding hydrogens is 372 g/mol. The molecular formula is C22H28N2O5. The van der Waals surface area contributed by atoms with Crippen molar-refractivity contribution in [1.82, 2.24) is 10.2 Å². The second-order valence-electron chi connectivity index (χ2n) is 6.64. The number of nitrogens with zero attached hydrogens (tertiary/aromatic N) is 1. The Hall–Kier alpha value is -3.22. The predicted molar refractivity (Wildman–Crippen MR) is 110 cm³/mol. The van der Waals surface area contributed by atoms with Crippen LogP contribution in [-0.2, 0) is 16.1 Å². The van der Waals surface area contributed by atoms with E-state index < -0.39 is 6.04 Å². The van der Waals surface area contributed by atoms with E-state index in [1.54, 1.807) is 46.4 Å². The molecule has 0 unspecified atom stereocenters. The van der Waals surface area contributed by atoms with Crippen LogP contribution < -0.4 is 19.5 Å². The number of nitrogens with one attached hydrogen (secondary N) is 1. The zero-order valence-electron chi connectivity index (χ0n) is 17.5. The fourth-order valence-corrected chi connectivity index (χ4v) is 2.89. The first-order valence-corrected chi connectivity index (χ1v) is 9.30. The van der Waals surface area contributed by atoms with Crippen LogP contribution in [0.4, 0.5) is 0 Å². The first-order chi connectivity index (χ1) is 13.9. The van der Waals surface area contributed by atoms with Gasteiger partial charge in [-0.3, -0.25) is 9.59 Å². The number of aryl methyl sites for hydroxylation is 1. The van der Waals surface area contributed by atoms with Crippen molar-refractivity contribution >= 4 is 11.8 Å². The molecule has 7 nitrogen and oxygen atoms in total. The molecule has 0 aliphatic rings. The molecule has 29 heavy (non-hydrogen) atoms. The summed E-state index contributed by atoms with van der Waals surface area (Å²) in [5, 5.41) is 2.59. The Bertz CT molecular complexity index is 831. The zero-order valence-corrected chi connectivity index (χ0v) is 17.5. The number of amides is 2. The van der Waals surface area contributed by atoms with E-state index in [4.69, 9.17) is 14.2 Å². The van der Waals surface area contributed by atoms with Crippen LogP contribution in [0.3, 0.4) is 0 Å². The highest BCUT2D eigenvalue weighted by molar-refractivity contribution is 5.87. The molecule has 2 amide bonds. The van der Waals surface area contributed by atoms with Crippen LogP contribution in [0.2, 0.25) is 0 Å². The van der Waals surface area contributed by atoms with E-state index in [2.05, 4.69) is 5.32 Å². The van der Waals surface area contributed by atoms with Crippen molar-refractivity contribution in [2.45, 2.75) is 26.4 Å². The largest absolute Gasteiger partial charge is 0.496 e. The summed E-state index contributed by atoms with van der Waals surface area (Å²) in [5.74, 6) is 1.01. The lowest BCUT2D eigenvalue weighted by Crippen LogP contribution is -2.48. The van der Waals surface area contributed by atoms with Crippen LogP contribution in [-0.4, -0.2) is 50.6 Å². The minimum atomic E-state index is -0.642. The maximum atomic E-state index is 12.9. The Balaban J connectivity index is 2.17. The Kier molecular flexibility index (Phi) is 7.88. The average Bonchev–Trinajstić information content (AvgIpc) is 2.74. The van der Waals surface area contributed by atoms with Crippen molar-refractivity contribution in [3.8, 4) is 17.2 Å². The van der Waals surface area contributed by atoms with Gasteiger partial charge in [-0.2, -0.15) is 0 Å². The molecule has 0 fully saturated rings. The number of ether oxygens (including phenoxy) is 3. The van der Waals surface area contributed by atoms with Crippen LogP contribution in [0.25, 0.3) is 0 Å². The monoisotopic (exact) mass is 400 g/mol. The lowest BCUT2D eigenvalue weighted by molar-refractivity contribution is -0.142. The molecule has 2 aromatic rings. The number of carbonyl (C=O) groups excluding carboxylic acids is 2. The number of methoxy groups -OCH3 is 2. The molecule has 2 rings (SSSR count). The molecule has 1 atom stereocenters. The average molecular weight is 400 g/mol. The van der Waals surface area contributed by atoms with E-state index >= 15 is 0 Å². The van der Waals surface area contributed by atoms with Crippen molar-refractivity contribution in [3.05, 3.63) is 53.6 Å². The van der Waals surface area contributed by atoms with Gasteiger partial charge < -0.3 is 24.4 Å². The number of carbonyl (C=O) groups is 2. The summed E-state index contributed by atoms with van der Waals surface area (Å²) < 4.78 is 16.1. The van der Waals surface area contributed by atoms with Crippen LogP contribution in [0.1, 0.15) is 18.1 Å². The van der Waals surface area contributed by atoms with Crippen molar-refractivity contribution in [1.29, 1.82) is 0 Å². The number of hydrogen-bond donors (Lipinski definition) is 1. The fraction of sp³-hybridized carbons (Fsp3) is 0.364. The summed E-state index contributed by atoms with van der Waals surface area (Å²) in [6.07, 6.45) is 0. The second-order valence-corrected chi connectivity index (χ2v) is 6.64. The molecule has 7 heteroatoms. The van der Waals surface area contributed by atoms with Crippen molar-refractivity contribution in [2.75, 3.05) is 27.9 Å². The smallest absolute Gasteiger partial charge is 0.261 e. The SMILES string of the molecule is CNC(=O)[C@H](C)N(Cc1cccc(C)c1)C(=O)COc1cc(OC)cc(OC)c1. The summed E-state index contributed by atoms with van der Waals surface area (Å²) in [5.41, 5.74) is 2.03. The number of likely N-dealkylation sites (N-methyl/N-ethyl adjacent to an activating group) is 1. The van der Waals surface area contributed by atoms with E-state index in [0.29, 0.717) is 23.8 Å². The molecule has 0 bridgehead atoms. The van der Waals surface area contributed by atoms with Crippen molar-refractivity contribution in [2.24, 2.45) is 0 Å². The normalized spacial score (nSPS) is 11.3. The van der Waals surface area contributed by atoms with Gasteiger partial charge in [-0.15, -0.1) is 0 Å². The van der Waals surface area contributed by atoms with Gasteiger partial charge in [0.15, 0.2) is 6.61 Å². The van der Waals surface area contributed by atoms with E-state index in [9.17, 15) is 9.59 Å². The van der Waals surface area contributed by atoms with Crippen LogP contribution in [0, 0.1) is 6.92 Å². The summed E-state index contributed by atoms with van der Waals surface area (Å²) >= 11 is 0. The van der Waals surface area contributed by atoms with Gasteiger partial charge in [0.05, 0.1) is 14.2 Å². The third kappa shape index (κ3) is 6.14. The Morgan fingerprint density at radius 2 is 1.66 bits per heavy atom. The van der Waals surface area contributed by atoms with Gasteiger partial charge >= 0.3 is 0 Å².